The highest BCUT2D eigenvalue weighted by Crippen LogP contribution is 2.14. The van der Waals surface area contributed by atoms with Crippen molar-refractivity contribution in [3.63, 3.8) is 0 Å². The van der Waals surface area contributed by atoms with Gasteiger partial charge < -0.3 is 11.5 Å². The maximum atomic E-state index is 11.0. The normalized spacial score (nSPS) is 10.4. The van der Waals surface area contributed by atoms with Crippen LogP contribution in [0.2, 0.25) is 0 Å². The van der Waals surface area contributed by atoms with E-state index >= 15 is 0 Å². The van der Waals surface area contributed by atoms with E-state index in [0.29, 0.717) is 12.2 Å². The number of aryl methyl sites for hydroxylation is 2. The standard InChI is InChI=1S/C14H16N4O/c1-8-3-4-10(5-9(8)2)6-12-17-7-11(14(16)19)13(15)18-12/h3-5,7H,6H2,1-2H3,(H2,16,19)(H2,15,17,18). The molecule has 2 aromatic rings. The van der Waals surface area contributed by atoms with Crippen molar-refractivity contribution in [3.8, 4) is 0 Å². The smallest absolute Gasteiger partial charge is 0.254 e. The topological polar surface area (TPSA) is 94.9 Å². The molecule has 0 aliphatic heterocycles. The Bertz CT molecular complexity index is 637. The van der Waals surface area contributed by atoms with Crippen LogP contribution in [-0.4, -0.2) is 15.9 Å². The molecular formula is C14H16N4O. The Morgan fingerprint density at radius 3 is 2.58 bits per heavy atom. The summed E-state index contributed by atoms with van der Waals surface area (Å²) in [6.07, 6.45) is 1.95. The molecular weight excluding hydrogens is 240 g/mol. The number of hydrogen-bond donors (Lipinski definition) is 2. The summed E-state index contributed by atoms with van der Waals surface area (Å²) in [5.41, 5.74) is 14.6. The van der Waals surface area contributed by atoms with E-state index < -0.39 is 5.91 Å². The summed E-state index contributed by atoms with van der Waals surface area (Å²) in [4.78, 5) is 19.3. The number of nitrogens with zero attached hydrogens (tertiary/aromatic N) is 2. The number of primary amides is 1. The van der Waals surface area contributed by atoms with Crippen LogP contribution in [0.4, 0.5) is 5.82 Å². The van der Waals surface area contributed by atoms with Gasteiger partial charge in [0.15, 0.2) is 0 Å². The quantitative estimate of drug-likeness (QED) is 0.866. The summed E-state index contributed by atoms with van der Waals surface area (Å²) in [5, 5.41) is 0. The van der Waals surface area contributed by atoms with E-state index in [0.717, 1.165) is 5.56 Å². The second kappa shape index (κ2) is 5.06. The van der Waals surface area contributed by atoms with Gasteiger partial charge in [-0.3, -0.25) is 4.79 Å². The lowest BCUT2D eigenvalue weighted by Gasteiger charge is -2.06. The van der Waals surface area contributed by atoms with Crippen molar-refractivity contribution in [1.82, 2.24) is 9.97 Å². The molecule has 1 amide bonds. The van der Waals surface area contributed by atoms with Crippen LogP contribution in [0.15, 0.2) is 24.4 Å². The number of anilines is 1. The van der Waals surface area contributed by atoms with Crippen LogP contribution in [0.25, 0.3) is 0 Å². The van der Waals surface area contributed by atoms with Crippen LogP contribution in [0, 0.1) is 13.8 Å². The third-order valence-corrected chi connectivity index (χ3v) is 3.07. The first-order chi connectivity index (χ1) is 8.97. The minimum absolute atomic E-state index is 0.126. The van der Waals surface area contributed by atoms with Crippen LogP contribution in [0.3, 0.4) is 0 Å². The van der Waals surface area contributed by atoms with Crippen molar-refractivity contribution in [2.75, 3.05) is 5.73 Å². The summed E-state index contributed by atoms with van der Waals surface area (Å²) in [6.45, 7) is 4.12. The first-order valence-electron chi connectivity index (χ1n) is 5.94. The molecule has 0 spiro atoms. The monoisotopic (exact) mass is 256 g/mol. The van der Waals surface area contributed by atoms with Crippen LogP contribution in [0.1, 0.15) is 32.9 Å². The summed E-state index contributed by atoms with van der Waals surface area (Å²) >= 11 is 0. The third-order valence-electron chi connectivity index (χ3n) is 3.07. The molecule has 4 N–H and O–H groups in total. The Morgan fingerprint density at radius 1 is 1.26 bits per heavy atom. The Labute approximate surface area is 111 Å². The molecule has 2 rings (SSSR count). The second-order valence-corrected chi connectivity index (χ2v) is 4.54. The molecule has 1 heterocycles. The van der Waals surface area contributed by atoms with Crippen LogP contribution in [-0.2, 0) is 6.42 Å². The fourth-order valence-electron chi connectivity index (χ4n) is 1.80. The van der Waals surface area contributed by atoms with E-state index in [-0.39, 0.29) is 11.4 Å². The zero-order valence-corrected chi connectivity index (χ0v) is 11.0. The largest absolute Gasteiger partial charge is 0.383 e. The Kier molecular flexibility index (Phi) is 3.46. The number of hydrogen-bond acceptors (Lipinski definition) is 4. The van der Waals surface area contributed by atoms with E-state index in [9.17, 15) is 4.79 Å². The van der Waals surface area contributed by atoms with E-state index in [1.54, 1.807) is 0 Å². The molecule has 0 aliphatic carbocycles. The molecule has 0 aliphatic rings. The highest BCUT2D eigenvalue weighted by Gasteiger charge is 2.09. The molecule has 1 aromatic carbocycles. The highest BCUT2D eigenvalue weighted by atomic mass is 16.1. The minimum Gasteiger partial charge on any atom is -0.383 e. The maximum absolute atomic E-state index is 11.0. The number of aromatic nitrogens is 2. The molecule has 0 radical (unpaired) electrons. The Morgan fingerprint density at radius 2 is 2.00 bits per heavy atom. The number of carbonyl (C=O) groups is 1. The molecule has 5 nitrogen and oxygen atoms in total. The molecule has 0 unspecified atom stereocenters. The summed E-state index contributed by atoms with van der Waals surface area (Å²) in [7, 11) is 0. The molecule has 0 bridgehead atoms. The van der Waals surface area contributed by atoms with Gasteiger partial charge in [0.25, 0.3) is 5.91 Å². The molecule has 0 saturated heterocycles. The van der Waals surface area contributed by atoms with Crippen molar-refractivity contribution >= 4 is 11.7 Å². The zero-order chi connectivity index (χ0) is 14.0. The Balaban J connectivity index is 2.26. The van der Waals surface area contributed by atoms with Crippen molar-refractivity contribution < 1.29 is 4.79 Å². The van der Waals surface area contributed by atoms with Crippen molar-refractivity contribution in [3.05, 3.63) is 52.5 Å². The third kappa shape index (κ3) is 2.88. The molecule has 5 heteroatoms. The summed E-state index contributed by atoms with van der Waals surface area (Å²) in [5.74, 6) is 0.0855. The van der Waals surface area contributed by atoms with Gasteiger partial charge in [0, 0.05) is 12.6 Å². The van der Waals surface area contributed by atoms with Crippen molar-refractivity contribution in [2.24, 2.45) is 5.73 Å². The van der Waals surface area contributed by atoms with E-state index in [4.69, 9.17) is 11.5 Å². The van der Waals surface area contributed by atoms with Gasteiger partial charge in [-0.1, -0.05) is 18.2 Å². The number of rotatable bonds is 3. The lowest BCUT2D eigenvalue weighted by Crippen LogP contribution is -2.16. The predicted molar refractivity (Wildman–Crippen MR) is 73.7 cm³/mol. The van der Waals surface area contributed by atoms with Gasteiger partial charge in [-0.25, -0.2) is 9.97 Å². The Hall–Kier alpha value is -2.43. The van der Waals surface area contributed by atoms with Gasteiger partial charge in [0.05, 0.1) is 5.56 Å². The average Bonchev–Trinajstić information content (AvgIpc) is 2.33. The van der Waals surface area contributed by atoms with Crippen LogP contribution in [0.5, 0.6) is 0 Å². The van der Waals surface area contributed by atoms with Crippen LogP contribution >= 0.6 is 0 Å². The first-order valence-corrected chi connectivity index (χ1v) is 5.94. The molecule has 0 atom stereocenters. The fraction of sp³-hybridized carbons (Fsp3) is 0.214. The van der Waals surface area contributed by atoms with E-state index in [2.05, 4.69) is 35.9 Å². The van der Waals surface area contributed by atoms with Crippen molar-refractivity contribution in [2.45, 2.75) is 20.3 Å². The predicted octanol–water partition coefficient (Wildman–Crippen LogP) is 1.37. The number of benzene rings is 1. The fourth-order valence-corrected chi connectivity index (χ4v) is 1.80. The van der Waals surface area contributed by atoms with Gasteiger partial charge in [-0.15, -0.1) is 0 Å². The molecule has 0 fully saturated rings. The van der Waals surface area contributed by atoms with Gasteiger partial charge >= 0.3 is 0 Å². The number of nitrogens with two attached hydrogens (primary N) is 2. The highest BCUT2D eigenvalue weighted by molar-refractivity contribution is 5.96. The van der Waals surface area contributed by atoms with Gasteiger partial charge in [0.1, 0.15) is 11.6 Å². The average molecular weight is 256 g/mol. The lowest BCUT2D eigenvalue weighted by atomic mass is 10.0. The minimum atomic E-state index is -0.616. The second-order valence-electron chi connectivity index (χ2n) is 4.54. The summed E-state index contributed by atoms with van der Waals surface area (Å²) in [6, 6.07) is 6.19. The summed E-state index contributed by atoms with van der Waals surface area (Å²) < 4.78 is 0. The maximum Gasteiger partial charge on any atom is 0.254 e. The van der Waals surface area contributed by atoms with E-state index in [1.165, 1.54) is 17.3 Å². The van der Waals surface area contributed by atoms with E-state index in [1.807, 2.05) is 6.07 Å². The van der Waals surface area contributed by atoms with Crippen LogP contribution < -0.4 is 11.5 Å². The number of amides is 1. The first kappa shape index (κ1) is 13.0. The zero-order valence-electron chi connectivity index (χ0n) is 11.0. The molecule has 1 aromatic heterocycles. The van der Waals surface area contributed by atoms with Gasteiger partial charge in [-0.05, 0) is 30.5 Å². The molecule has 98 valence electrons. The van der Waals surface area contributed by atoms with Gasteiger partial charge in [0.2, 0.25) is 0 Å². The number of carbonyl (C=O) groups excluding carboxylic acids is 1. The van der Waals surface area contributed by atoms with Gasteiger partial charge in [-0.2, -0.15) is 0 Å². The molecule has 19 heavy (non-hydrogen) atoms. The lowest BCUT2D eigenvalue weighted by molar-refractivity contribution is 0.100. The number of nitrogen functional groups attached to an aromatic ring is 1. The molecule has 0 saturated carbocycles. The SMILES string of the molecule is Cc1ccc(Cc2ncc(C(N)=O)c(N)n2)cc1C. The van der Waals surface area contributed by atoms with Crippen molar-refractivity contribution in [1.29, 1.82) is 0 Å².